The summed E-state index contributed by atoms with van der Waals surface area (Å²) in [5.41, 5.74) is 6.58. The largest absolute Gasteiger partial charge is 0.364 e. The number of hydrogen-bond acceptors (Lipinski definition) is 3. The fourth-order valence-corrected chi connectivity index (χ4v) is 3.85. The van der Waals surface area contributed by atoms with E-state index in [-0.39, 0.29) is 16.5 Å². The lowest BCUT2D eigenvalue weighted by atomic mass is 9.89. The van der Waals surface area contributed by atoms with Gasteiger partial charge in [-0.2, -0.15) is 0 Å². The number of nitrogens with zero attached hydrogens (tertiary/aromatic N) is 1. The Morgan fingerprint density at radius 3 is 2.40 bits per heavy atom. The summed E-state index contributed by atoms with van der Waals surface area (Å²) >= 11 is 0. The number of rotatable bonds is 8. The molecule has 25 heavy (non-hydrogen) atoms. The highest BCUT2D eigenvalue weighted by atomic mass is 32.2. The van der Waals surface area contributed by atoms with Crippen LogP contribution in [0.1, 0.15) is 29.9 Å². The van der Waals surface area contributed by atoms with Gasteiger partial charge in [0.2, 0.25) is 10.0 Å². The highest BCUT2D eigenvalue weighted by molar-refractivity contribution is 7.89. The summed E-state index contributed by atoms with van der Waals surface area (Å²) in [7, 11) is -2.11. The maximum absolute atomic E-state index is 12.5. The number of benzene rings is 1. The molecule has 7 heteroatoms. The minimum absolute atomic E-state index is 0.0472. The lowest BCUT2D eigenvalue weighted by Gasteiger charge is -2.21. The van der Waals surface area contributed by atoms with E-state index >= 15 is 0 Å². The molecule has 1 heterocycles. The molecule has 0 radical (unpaired) electrons. The molecular weight excluding hydrogens is 338 g/mol. The van der Waals surface area contributed by atoms with Gasteiger partial charge in [-0.1, -0.05) is 44.2 Å². The monoisotopic (exact) mass is 363 g/mol. The van der Waals surface area contributed by atoms with E-state index in [0.29, 0.717) is 12.5 Å². The van der Waals surface area contributed by atoms with Gasteiger partial charge in [-0.05, 0) is 29.9 Å². The molecule has 0 aliphatic carbocycles. The van der Waals surface area contributed by atoms with E-state index in [4.69, 9.17) is 5.73 Å². The van der Waals surface area contributed by atoms with E-state index in [1.165, 1.54) is 22.4 Å². The summed E-state index contributed by atoms with van der Waals surface area (Å²) in [6.07, 6.45) is 2.19. The first kappa shape index (κ1) is 19.2. The first-order valence-corrected chi connectivity index (χ1v) is 9.68. The SMILES string of the molecule is CC(C)[C@H](CNS(=O)(=O)c1cc(C(N)=O)n(C)c1)Cc1ccccc1. The van der Waals surface area contributed by atoms with Crippen LogP contribution in [0.3, 0.4) is 0 Å². The van der Waals surface area contributed by atoms with E-state index in [9.17, 15) is 13.2 Å². The van der Waals surface area contributed by atoms with Crippen LogP contribution < -0.4 is 10.5 Å². The van der Waals surface area contributed by atoms with E-state index in [2.05, 4.69) is 18.6 Å². The van der Waals surface area contributed by atoms with Crippen LogP contribution >= 0.6 is 0 Å². The fraction of sp³-hybridized carbons (Fsp3) is 0.389. The number of sulfonamides is 1. The number of nitrogens with two attached hydrogens (primary N) is 1. The van der Waals surface area contributed by atoms with Crippen molar-refractivity contribution >= 4 is 15.9 Å². The maximum atomic E-state index is 12.5. The minimum atomic E-state index is -3.69. The number of primary amides is 1. The molecule has 0 aliphatic rings. The van der Waals surface area contributed by atoms with Gasteiger partial charge in [0.1, 0.15) is 10.6 Å². The second-order valence-corrected chi connectivity index (χ2v) is 8.35. The van der Waals surface area contributed by atoms with E-state index in [0.717, 1.165) is 6.42 Å². The van der Waals surface area contributed by atoms with Gasteiger partial charge in [-0.25, -0.2) is 13.1 Å². The Balaban J connectivity index is 2.11. The molecule has 2 rings (SSSR count). The molecule has 0 saturated carbocycles. The molecule has 0 fully saturated rings. The third-order valence-corrected chi connectivity index (χ3v) is 5.75. The molecule has 1 amide bonds. The lowest BCUT2D eigenvalue weighted by Crippen LogP contribution is -2.32. The average molecular weight is 363 g/mol. The van der Waals surface area contributed by atoms with Crippen molar-refractivity contribution in [2.75, 3.05) is 6.54 Å². The zero-order chi connectivity index (χ0) is 18.6. The van der Waals surface area contributed by atoms with Crippen molar-refractivity contribution < 1.29 is 13.2 Å². The smallest absolute Gasteiger partial charge is 0.265 e. The van der Waals surface area contributed by atoms with Gasteiger partial charge in [0.05, 0.1) is 0 Å². The van der Waals surface area contributed by atoms with Crippen molar-refractivity contribution in [2.24, 2.45) is 24.6 Å². The molecule has 0 saturated heterocycles. The summed E-state index contributed by atoms with van der Waals surface area (Å²) in [5, 5.41) is 0. The van der Waals surface area contributed by atoms with Crippen LogP contribution in [-0.2, 0) is 23.5 Å². The second kappa shape index (κ2) is 7.84. The van der Waals surface area contributed by atoms with Gasteiger partial charge in [-0.3, -0.25) is 4.79 Å². The molecule has 2 aromatic rings. The van der Waals surface area contributed by atoms with Crippen LogP contribution in [0.4, 0.5) is 0 Å². The molecule has 0 spiro atoms. The van der Waals surface area contributed by atoms with Gasteiger partial charge < -0.3 is 10.3 Å². The van der Waals surface area contributed by atoms with Crippen LogP contribution in [0.25, 0.3) is 0 Å². The van der Waals surface area contributed by atoms with Gasteiger partial charge in [0.15, 0.2) is 0 Å². The van der Waals surface area contributed by atoms with Crippen molar-refractivity contribution in [3.05, 3.63) is 53.9 Å². The Morgan fingerprint density at radius 1 is 1.24 bits per heavy atom. The Kier molecular flexibility index (Phi) is 6.02. The van der Waals surface area contributed by atoms with Crippen molar-refractivity contribution in [3.63, 3.8) is 0 Å². The van der Waals surface area contributed by atoms with Crippen LogP contribution in [0, 0.1) is 11.8 Å². The van der Waals surface area contributed by atoms with Crippen LogP contribution in [-0.4, -0.2) is 25.4 Å². The predicted octanol–water partition coefficient (Wildman–Crippen LogP) is 1.92. The zero-order valence-corrected chi connectivity index (χ0v) is 15.6. The minimum Gasteiger partial charge on any atom is -0.364 e. The number of nitrogens with one attached hydrogen (secondary N) is 1. The van der Waals surface area contributed by atoms with Crippen molar-refractivity contribution in [1.29, 1.82) is 0 Å². The molecule has 0 unspecified atom stereocenters. The first-order chi connectivity index (χ1) is 11.7. The third-order valence-electron chi connectivity index (χ3n) is 4.36. The normalized spacial score (nSPS) is 13.1. The average Bonchev–Trinajstić information content (AvgIpc) is 2.95. The lowest BCUT2D eigenvalue weighted by molar-refractivity contribution is 0.0992. The van der Waals surface area contributed by atoms with E-state index in [1.54, 1.807) is 7.05 Å². The summed E-state index contributed by atoms with van der Waals surface area (Å²) in [5.74, 6) is -0.176. The zero-order valence-electron chi connectivity index (χ0n) is 14.8. The molecule has 1 atom stereocenters. The Bertz CT molecular complexity index is 827. The van der Waals surface area contributed by atoms with Crippen LogP contribution in [0.15, 0.2) is 47.5 Å². The number of carbonyl (C=O) groups excluding carboxylic acids is 1. The first-order valence-electron chi connectivity index (χ1n) is 8.20. The van der Waals surface area contributed by atoms with Gasteiger partial charge >= 0.3 is 0 Å². The number of amides is 1. The highest BCUT2D eigenvalue weighted by Gasteiger charge is 2.22. The Labute approximate surface area is 149 Å². The van der Waals surface area contributed by atoms with Gasteiger partial charge in [-0.15, -0.1) is 0 Å². The number of hydrogen-bond donors (Lipinski definition) is 2. The standard InChI is InChI=1S/C18H25N3O3S/c1-13(2)15(9-14-7-5-4-6-8-14)11-20-25(23,24)16-10-17(18(19)22)21(3)12-16/h4-8,10,12-13,15,20H,9,11H2,1-3H3,(H2,19,22)/t15-/m0/s1. The predicted molar refractivity (Wildman–Crippen MR) is 97.6 cm³/mol. The second-order valence-electron chi connectivity index (χ2n) is 6.58. The van der Waals surface area contributed by atoms with Crippen molar-refractivity contribution in [2.45, 2.75) is 25.2 Å². The summed E-state index contributed by atoms with van der Waals surface area (Å²) in [6.45, 7) is 4.49. The van der Waals surface area contributed by atoms with Gasteiger partial charge in [0.25, 0.3) is 5.91 Å². The number of aryl methyl sites for hydroxylation is 1. The third kappa shape index (κ3) is 4.93. The van der Waals surface area contributed by atoms with E-state index < -0.39 is 15.9 Å². The van der Waals surface area contributed by atoms with Crippen molar-refractivity contribution in [1.82, 2.24) is 9.29 Å². The Morgan fingerprint density at radius 2 is 1.88 bits per heavy atom. The maximum Gasteiger partial charge on any atom is 0.265 e. The van der Waals surface area contributed by atoms with Crippen molar-refractivity contribution in [3.8, 4) is 0 Å². The molecule has 1 aromatic heterocycles. The Hall–Kier alpha value is -2.12. The molecule has 136 valence electrons. The quantitative estimate of drug-likeness (QED) is 0.750. The fourth-order valence-electron chi connectivity index (χ4n) is 2.69. The molecule has 0 aliphatic heterocycles. The molecule has 1 aromatic carbocycles. The number of aromatic nitrogens is 1. The summed E-state index contributed by atoms with van der Waals surface area (Å²) in [4.78, 5) is 11.4. The topological polar surface area (TPSA) is 94.2 Å². The highest BCUT2D eigenvalue weighted by Crippen LogP contribution is 2.18. The van der Waals surface area contributed by atoms with Crippen LogP contribution in [0.5, 0.6) is 0 Å². The molecule has 3 N–H and O–H groups in total. The molecule has 6 nitrogen and oxygen atoms in total. The molecule has 0 bridgehead atoms. The number of carbonyl (C=O) groups is 1. The molecular formula is C18H25N3O3S. The van der Waals surface area contributed by atoms with E-state index in [1.807, 2.05) is 30.3 Å². The summed E-state index contributed by atoms with van der Waals surface area (Å²) in [6, 6.07) is 11.3. The van der Waals surface area contributed by atoms with Gasteiger partial charge in [0, 0.05) is 19.8 Å². The van der Waals surface area contributed by atoms with Crippen LogP contribution in [0.2, 0.25) is 0 Å². The summed E-state index contributed by atoms with van der Waals surface area (Å²) < 4.78 is 29.1.